The Hall–Kier alpha value is -1.85. The van der Waals surface area contributed by atoms with E-state index in [2.05, 4.69) is 48.5 Å². The van der Waals surface area contributed by atoms with Crippen molar-refractivity contribution in [3.8, 4) is 5.75 Å². The molecule has 0 radical (unpaired) electrons. The Labute approximate surface area is 186 Å². The summed E-state index contributed by atoms with van der Waals surface area (Å²) in [6.07, 6.45) is 3.20. The number of phenolic OH excluding ortho intramolecular Hbond substituents is 1. The van der Waals surface area contributed by atoms with Gasteiger partial charge in [-0.2, -0.15) is 0 Å². The largest absolute Gasteiger partial charge is 0.508 e. The molecule has 2 aromatic rings. The van der Waals surface area contributed by atoms with Crippen LogP contribution in [0.3, 0.4) is 0 Å². The number of thiocarbonyl (C=S) groups is 1. The predicted octanol–water partition coefficient (Wildman–Crippen LogP) is 4.42. The summed E-state index contributed by atoms with van der Waals surface area (Å²) in [5, 5.41) is 10.2. The molecule has 1 aromatic heterocycles. The molecule has 2 atom stereocenters. The summed E-state index contributed by atoms with van der Waals surface area (Å²) in [6.45, 7) is 14.0. The number of likely N-dealkylation sites (tertiary alicyclic amines) is 1. The molecule has 1 fully saturated rings. The third-order valence-electron chi connectivity index (χ3n) is 7.68. The zero-order valence-corrected chi connectivity index (χ0v) is 19.6. The molecule has 2 aliphatic rings. The lowest BCUT2D eigenvalue weighted by molar-refractivity contribution is 0.0849. The topological polar surface area (TPSA) is 42.5 Å². The van der Waals surface area contributed by atoms with Crippen molar-refractivity contribution in [2.75, 3.05) is 32.7 Å². The van der Waals surface area contributed by atoms with Gasteiger partial charge in [-0.05, 0) is 87.9 Å². The zero-order valence-electron chi connectivity index (χ0n) is 18.8. The van der Waals surface area contributed by atoms with Crippen molar-refractivity contribution in [1.29, 1.82) is 0 Å². The molecule has 1 aliphatic carbocycles. The van der Waals surface area contributed by atoms with Crippen LogP contribution >= 0.6 is 12.2 Å². The Bertz CT molecular complexity index is 932. The highest BCUT2D eigenvalue weighted by Crippen LogP contribution is 2.49. The number of H-pyrrole nitrogens is 1. The monoisotopic (exact) mass is 425 g/mol. The van der Waals surface area contributed by atoms with E-state index >= 15 is 0 Å². The number of benzene rings is 1. The van der Waals surface area contributed by atoms with E-state index in [1.54, 1.807) is 6.07 Å². The van der Waals surface area contributed by atoms with Crippen LogP contribution < -0.4 is 0 Å². The van der Waals surface area contributed by atoms with Crippen molar-refractivity contribution in [2.24, 2.45) is 5.92 Å². The first-order valence-corrected chi connectivity index (χ1v) is 11.9. The van der Waals surface area contributed by atoms with Crippen LogP contribution in [0, 0.1) is 12.8 Å². The minimum absolute atomic E-state index is 0.0722. The van der Waals surface area contributed by atoms with Crippen molar-refractivity contribution in [1.82, 2.24) is 14.8 Å². The number of aromatic nitrogens is 1. The molecule has 0 saturated carbocycles. The van der Waals surface area contributed by atoms with Gasteiger partial charge in [0.1, 0.15) is 10.7 Å². The maximum atomic E-state index is 10.2. The third-order valence-corrected chi connectivity index (χ3v) is 8.14. The van der Waals surface area contributed by atoms with E-state index in [1.165, 1.54) is 22.4 Å². The Balaban J connectivity index is 1.77. The number of hydrogen-bond donors (Lipinski definition) is 2. The van der Waals surface area contributed by atoms with E-state index in [9.17, 15) is 5.11 Å². The first-order chi connectivity index (χ1) is 14.4. The van der Waals surface area contributed by atoms with Crippen LogP contribution in [0.4, 0.5) is 0 Å². The number of aromatic hydroxyl groups is 1. The minimum Gasteiger partial charge on any atom is -0.508 e. The number of piperidine rings is 1. The van der Waals surface area contributed by atoms with Gasteiger partial charge in [0.05, 0.1) is 5.69 Å². The van der Waals surface area contributed by atoms with Crippen LogP contribution in [0.25, 0.3) is 0 Å². The van der Waals surface area contributed by atoms with Crippen molar-refractivity contribution >= 4 is 17.2 Å². The quantitative estimate of drug-likeness (QED) is 0.696. The third kappa shape index (κ3) is 3.46. The molecule has 30 heavy (non-hydrogen) atoms. The second-order valence-electron chi connectivity index (χ2n) is 8.99. The number of rotatable bonds is 5. The van der Waals surface area contributed by atoms with Crippen LogP contribution in [0.5, 0.6) is 5.75 Å². The highest BCUT2D eigenvalue weighted by atomic mass is 32.1. The van der Waals surface area contributed by atoms with Crippen LogP contribution in [0.15, 0.2) is 24.3 Å². The maximum absolute atomic E-state index is 10.2. The molecular weight excluding hydrogens is 390 g/mol. The zero-order chi connectivity index (χ0) is 21.5. The second kappa shape index (κ2) is 8.35. The average Bonchev–Trinajstić information content (AvgIpc) is 3.07. The van der Waals surface area contributed by atoms with Gasteiger partial charge in [-0.15, -0.1) is 0 Å². The fourth-order valence-electron chi connectivity index (χ4n) is 5.79. The summed E-state index contributed by atoms with van der Waals surface area (Å²) in [4.78, 5) is 9.54. The van der Waals surface area contributed by atoms with Gasteiger partial charge < -0.3 is 19.9 Å². The molecule has 5 heteroatoms. The lowest BCUT2D eigenvalue weighted by Crippen LogP contribution is -2.53. The van der Waals surface area contributed by atoms with Gasteiger partial charge >= 0.3 is 0 Å². The lowest BCUT2D eigenvalue weighted by Gasteiger charge is -2.51. The Morgan fingerprint density at radius 3 is 2.73 bits per heavy atom. The van der Waals surface area contributed by atoms with Gasteiger partial charge in [-0.3, -0.25) is 0 Å². The summed E-state index contributed by atoms with van der Waals surface area (Å²) < 4.78 is 0. The van der Waals surface area contributed by atoms with E-state index in [-0.39, 0.29) is 5.41 Å². The summed E-state index contributed by atoms with van der Waals surface area (Å²) in [5.41, 5.74) is 6.65. The molecule has 2 heterocycles. The molecule has 1 saturated heterocycles. The van der Waals surface area contributed by atoms with Gasteiger partial charge in [0.2, 0.25) is 0 Å². The first-order valence-electron chi connectivity index (χ1n) is 11.4. The van der Waals surface area contributed by atoms with Gasteiger partial charge in [-0.1, -0.05) is 31.3 Å². The fraction of sp³-hybridized carbons (Fsp3) is 0.560. The SMILES string of the molecule is CCN1CC[C@]2(c3cccc(O)c3)Cc3[nH]c(C(=S)N(CC)CC)c(C)c3C[C@H]2C1. The second-order valence-corrected chi connectivity index (χ2v) is 9.37. The number of phenols is 1. The standard InChI is InChI=1S/C25H35N3OS/c1-5-27-12-11-25(18-9-8-10-20(29)13-18)15-22-21(14-19(25)16-27)17(4)23(26-22)24(30)28(6-2)7-3/h8-10,13,19,26,29H,5-7,11-12,14-16H2,1-4H3/t19-,25+/m0/s1. The van der Waals surface area contributed by atoms with Crippen LogP contribution in [-0.4, -0.2) is 57.6 Å². The molecule has 0 spiro atoms. The Morgan fingerprint density at radius 1 is 1.30 bits per heavy atom. The van der Waals surface area contributed by atoms with Crippen molar-refractivity contribution < 1.29 is 5.11 Å². The van der Waals surface area contributed by atoms with Crippen molar-refractivity contribution in [3.63, 3.8) is 0 Å². The number of aromatic amines is 1. The van der Waals surface area contributed by atoms with Gasteiger partial charge in [-0.25, -0.2) is 0 Å². The summed E-state index contributed by atoms with van der Waals surface area (Å²) in [7, 11) is 0. The van der Waals surface area contributed by atoms with Gasteiger partial charge in [0.15, 0.2) is 0 Å². The molecule has 2 N–H and O–H groups in total. The molecule has 0 bridgehead atoms. The molecule has 1 aromatic carbocycles. The highest BCUT2D eigenvalue weighted by molar-refractivity contribution is 7.80. The van der Waals surface area contributed by atoms with Crippen molar-refractivity contribution in [2.45, 2.75) is 52.4 Å². The lowest BCUT2D eigenvalue weighted by atomic mass is 9.58. The number of hydrogen-bond acceptors (Lipinski definition) is 3. The number of fused-ring (bicyclic) bond motifs is 2. The molecule has 162 valence electrons. The van der Waals surface area contributed by atoms with Crippen LogP contribution in [0.1, 0.15) is 55.3 Å². The van der Waals surface area contributed by atoms with E-state index in [1.807, 2.05) is 12.1 Å². The van der Waals surface area contributed by atoms with E-state index in [0.717, 1.165) is 62.7 Å². The number of nitrogens with one attached hydrogen (secondary N) is 1. The van der Waals surface area contributed by atoms with Crippen molar-refractivity contribution in [3.05, 3.63) is 52.3 Å². The smallest absolute Gasteiger partial charge is 0.125 e. The van der Waals surface area contributed by atoms with E-state index < -0.39 is 0 Å². The fourth-order valence-corrected chi connectivity index (χ4v) is 6.25. The summed E-state index contributed by atoms with van der Waals surface area (Å²) >= 11 is 5.87. The molecule has 4 nitrogen and oxygen atoms in total. The van der Waals surface area contributed by atoms with Gasteiger partial charge in [0.25, 0.3) is 0 Å². The van der Waals surface area contributed by atoms with Crippen LogP contribution in [0.2, 0.25) is 0 Å². The Kier molecular flexibility index (Phi) is 5.95. The van der Waals surface area contributed by atoms with Crippen LogP contribution in [-0.2, 0) is 18.3 Å². The van der Waals surface area contributed by atoms with Gasteiger partial charge in [0, 0.05) is 30.7 Å². The summed E-state index contributed by atoms with van der Waals surface area (Å²) in [5.74, 6) is 0.917. The normalized spacial score (nSPS) is 23.7. The predicted molar refractivity (Wildman–Crippen MR) is 128 cm³/mol. The Morgan fingerprint density at radius 2 is 2.07 bits per heavy atom. The molecular formula is C25H35N3OS. The molecule has 4 rings (SSSR count). The van der Waals surface area contributed by atoms with E-state index in [4.69, 9.17) is 12.2 Å². The molecule has 0 unspecified atom stereocenters. The molecule has 1 aliphatic heterocycles. The molecule has 0 amide bonds. The maximum Gasteiger partial charge on any atom is 0.125 e. The average molecular weight is 426 g/mol. The van der Waals surface area contributed by atoms with E-state index in [0.29, 0.717) is 11.7 Å². The highest BCUT2D eigenvalue weighted by Gasteiger charge is 2.48. The summed E-state index contributed by atoms with van der Waals surface area (Å²) in [6, 6.07) is 8.00. The minimum atomic E-state index is 0.0722. The number of nitrogens with zero attached hydrogens (tertiary/aromatic N) is 2. The first kappa shape index (κ1) is 21.4.